The molecule has 0 spiro atoms. The summed E-state index contributed by atoms with van der Waals surface area (Å²) in [6.07, 6.45) is 1.10. The number of nitrogens with zero attached hydrogens (tertiary/aromatic N) is 3. The van der Waals surface area contributed by atoms with Crippen LogP contribution in [0.3, 0.4) is 0 Å². The maximum Gasteiger partial charge on any atom is 0.221 e. The first-order chi connectivity index (χ1) is 7.24. The normalized spacial score (nSPS) is 9.07. The van der Waals surface area contributed by atoms with Crippen LogP contribution in [0.25, 0.3) is 0 Å². The monoisotopic (exact) mass is 207 g/mol. The average Bonchev–Trinajstić information content (AvgIpc) is 2.30. The Balaban J connectivity index is 3.27. The van der Waals surface area contributed by atoms with E-state index in [2.05, 4.69) is 9.97 Å². The van der Waals surface area contributed by atoms with Gasteiger partial charge in [0.05, 0.1) is 0 Å². The number of amides is 2. The number of aldehydes is 2. The van der Waals surface area contributed by atoms with Crippen LogP contribution in [0, 0.1) is 0 Å². The maximum atomic E-state index is 10.4. The van der Waals surface area contributed by atoms with Gasteiger partial charge in [-0.25, -0.2) is 14.9 Å². The number of carbonyl (C=O) groups is 4. The van der Waals surface area contributed by atoms with E-state index in [0.29, 0.717) is 17.5 Å². The molecule has 0 aliphatic rings. The molecule has 1 rings (SSSR count). The Morgan fingerprint density at radius 2 is 1.67 bits per heavy atom. The number of hydrogen-bond acceptors (Lipinski definition) is 6. The molecule has 0 fully saturated rings. The van der Waals surface area contributed by atoms with Gasteiger partial charge in [0.15, 0.2) is 18.4 Å². The molecule has 1 aromatic heterocycles. The van der Waals surface area contributed by atoms with Gasteiger partial charge in [-0.3, -0.25) is 19.2 Å². The molecular weight excluding hydrogens is 202 g/mol. The lowest BCUT2D eigenvalue weighted by molar-refractivity contribution is -0.114. The largest absolute Gasteiger partial charge is 0.296 e. The lowest BCUT2D eigenvalue weighted by Gasteiger charge is -2.07. The van der Waals surface area contributed by atoms with Gasteiger partial charge in [-0.2, -0.15) is 0 Å². The topological polar surface area (TPSA) is 97.3 Å². The number of rotatable bonds is 5. The second-order valence-electron chi connectivity index (χ2n) is 2.36. The lowest BCUT2D eigenvalue weighted by Crippen LogP contribution is -2.20. The zero-order valence-electron chi connectivity index (χ0n) is 7.36. The van der Waals surface area contributed by atoms with Crippen molar-refractivity contribution < 1.29 is 19.2 Å². The first-order valence-corrected chi connectivity index (χ1v) is 3.73. The summed E-state index contributed by atoms with van der Waals surface area (Å²) >= 11 is 0. The van der Waals surface area contributed by atoms with Crippen molar-refractivity contribution in [3.63, 3.8) is 0 Å². The molecule has 0 aliphatic heterocycles. The van der Waals surface area contributed by atoms with Crippen LogP contribution in [0.5, 0.6) is 0 Å². The van der Waals surface area contributed by atoms with Gasteiger partial charge in [-0.15, -0.1) is 0 Å². The van der Waals surface area contributed by atoms with Gasteiger partial charge < -0.3 is 0 Å². The molecule has 15 heavy (non-hydrogen) atoms. The minimum Gasteiger partial charge on any atom is -0.296 e. The molecule has 1 aromatic rings. The van der Waals surface area contributed by atoms with E-state index in [1.807, 2.05) is 0 Å². The van der Waals surface area contributed by atoms with Crippen molar-refractivity contribution in [1.82, 2.24) is 9.97 Å². The van der Waals surface area contributed by atoms with Crippen LogP contribution in [-0.4, -0.2) is 35.4 Å². The smallest absolute Gasteiger partial charge is 0.221 e. The van der Waals surface area contributed by atoms with Crippen LogP contribution in [0.15, 0.2) is 6.07 Å². The Morgan fingerprint density at radius 1 is 1.00 bits per heavy atom. The summed E-state index contributed by atoms with van der Waals surface area (Å²) in [5.74, 6) is -0.400. The van der Waals surface area contributed by atoms with Crippen molar-refractivity contribution in [3.05, 3.63) is 17.6 Å². The fourth-order valence-corrected chi connectivity index (χ4v) is 0.850. The number of hydrogen-bond donors (Lipinski definition) is 0. The second kappa shape index (κ2) is 4.70. The zero-order chi connectivity index (χ0) is 11.3. The number of imide groups is 1. The summed E-state index contributed by atoms with van der Waals surface area (Å²) in [6.45, 7) is 0. The third-order valence-corrected chi connectivity index (χ3v) is 1.47. The average molecular weight is 207 g/mol. The van der Waals surface area contributed by atoms with Crippen molar-refractivity contribution in [3.8, 4) is 0 Å². The molecule has 0 radical (unpaired) electrons. The number of carbonyl (C=O) groups excluding carboxylic acids is 4. The van der Waals surface area contributed by atoms with E-state index < -0.39 is 0 Å². The van der Waals surface area contributed by atoms with Crippen molar-refractivity contribution in [2.45, 2.75) is 0 Å². The van der Waals surface area contributed by atoms with E-state index in [1.165, 1.54) is 0 Å². The van der Waals surface area contributed by atoms with Crippen molar-refractivity contribution in [1.29, 1.82) is 0 Å². The molecule has 0 aliphatic carbocycles. The first-order valence-electron chi connectivity index (χ1n) is 3.73. The quantitative estimate of drug-likeness (QED) is 0.587. The van der Waals surface area contributed by atoms with Gasteiger partial charge in [-0.05, 0) is 0 Å². The molecular formula is C8H5N3O4. The molecule has 0 saturated heterocycles. The number of anilines is 1. The van der Waals surface area contributed by atoms with Gasteiger partial charge in [0.25, 0.3) is 0 Å². The molecule has 0 N–H and O–H groups in total. The highest BCUT2D eigenvalue weighted by atomic mass is 16.2. The zero-order valence-corrected chi connectivity index (χ0v) is 7.36. The highest BCUT2D eigenvalue weighted by Gasteiger charge is 2.09. The highest BCUT2D eigenvalue weighted by Crippen LogP contribution is 2.08. The minimum absolute atomic E-state index is 0.0872. The van der Waals surface area contributed by atoms with Crippen LogP contribution in [0.1, 0.15) is 21.1 Å². The van der Waals surface area contributed by atoms with Crippen LogP contribution in [0.2, 0.25) is 0 Å². The van der Waals surface area contributed by atoms with Crippen molar-refractivity contribution in [2.24, 2.45) is 0 Å². The first kappa shape index (κ1) is 10.6. The maximum absolute atomic E-state index is 10.4. The fraction of sp³-hybridized carbons (Fsp3) is 0. The van der Waals surface area contributed by atoms with E-state index >= 15 is 0 Å². The summed E-state index contributed by atoms with van der Waals surface area (Å²) in [7, 11) is 0. The summed E-state index contributed by atoms with van der Waals surface area (Å²) in [4.78, 5) is 49.3. The minimum atomic E-state index is -0.275. The highest BCUT2D eigenvalue weighted by molar-refractivity contribution is 5.95. The van der Waals surface area contributed by atoms with E-state index in [9.17, 15) is 19.2 Å². The van der Waals surface area contributed by atoms with E-state index in [0.717, 1.165) is 6.07 Å². The van der Waals surface area contributed by atoms with E-state index in [1.54, 1.807) is 0 Å². The molecule has 7 nitrogen and oxygen atoms in total. The third kappa shape index (κ3) is 2.27. The predicted molar refractivity (Wildman–Crippen MR) is 47.4 cm³/mol. The Morgan fingerprint density at radius 3 is 2.13 bits per heavy atom. The summed E-state index contributed by atoms with van der Waals surface area (Å²) < 4.78 is 0. The summed E-state index contributed by atoms with van der Waals surface area (Å²) in [6, 6.07) is 1.11. The molecule has 2 amide bonds. The summed E-state index contributed by atoms with van der Waals surface area (Å²) in [5.41, 5.74) is -0.0872. The molecule has 0 aromatic carbocycles. The van der Waals surface area contributed by atoms with Crippen LogP contribution in [0.4, 0.5) is 5.82 Å². The predicted octanol–water partition coefficient (Wildman–Crippen LogP) is -0.779. The van der Waals surface area contributed by atoms with Crippen LogP contribution < -0.4 is 4.90 Å². The van der Waals surface area contributed by atoms with Gasteiger partial charge in [0, 0.05) is 6.07 Å². The molecule has 0 unspecified atom stereocenters. The third-order valence-electron chi connectivity index (χ3n) is 1.47. The SMILES string of the molecule is O=Cc1cc(N(C=O)C=O)nc(C=O)n1. The molecule has 1 heterocycles. The van der Waals surface area contributed by atoms with E-state index in [4.69, 9.17) is 0 Å². The molecule has 0 atom stereocenters. The molecule has 0 saturated carbocycles. The van der Waals surface area contributed by atoms with Gasteiger partial charge in [0.1, 0.15) is 11.5 Å². The lowest BCUT2D eigenvalue weighted by atomic mass is 10.4. The Labute approximate surface area is 83.7 Å². The standard InChI is InChI=1S/C8H5N3O4/c12-2-6-1-8(11(4-14)5-15)10-7(3-13)9-6/h1-5H. The van der Waals surface area contributed by atoms with E-state index in [-0.39, 0.29) is 30.2 Å². The molecule has 7 heteroatoms. The Kier molecular flexibility index (Phi) is 3.33. The fourth-order valence-electron chi connectivity index (χ4n) is 0.850. The van der Waals surface area contributed by atoms with Gasteiger partial charge in [-0.1, -0.05) is 0 Å². The second-order valence-corrected chi connectivity index (χ2v) is 2.36. The van der Waals surface area contributed by atoms with Gasteiger partial charge in [0.2, 0.25) is 12.8 Å². The van der Waals surface area contributed by atoms with Crippen molar-refractivity contribution >= 4 is 31.2 Å². The van der Waals surface area contributed by atoms with Crippen LogP contribution in [-0.2, 0) is 9.59 Å². The Hall–Kier alpha value is -2.44. The molecule has 0 bridgehead atoms. The van der Waals surface area contributed by atoms with Crippen molar-refractivity contribution in [2.75, 3.05) is 4.90 Å². The van der Waals surface area contributed by atoms with Crippen LogP contribution >= 0.6 is 0 Å². The van der Waals surface area contributed by atoms with Gasteiger partial charge >= 0.3 is 0 Å². The number of aromatic nitrogens is 2. The summed E-state index contributed by atoms with van der Waals surface area (Å²) in [5, 5.41) is 0. The Bertz CT molecular complexity index is 384. The molecule has 76 valence electrons.